The molecule has 7 heteroatoms. The third-order valence-electron chi connectivity index (χ3n) is 2.84. The van der Waals surface area contributed by atoms with Crippen molar-refractivity contribution in [3.05, 3.63) is 34.9 Å². The number of guanidine groups is 1. The van der Waals surface area contributed by atoms with Crippen LogP contribution in [-0.4, -0.2) is 44.4 Å². The largest absolute Gasteiger partial charge is 0.386 e. The molecule has 0 saturated heterocycles. The number of aliphatic imine (C=N–C) groups is 1. The van der Waals surface area contributed by atoms with E-state index in [-0.39, 0.29) is 24.0 Å². The number of nitrogens with one attached hydrogen (secondary N) is 2. The number of rotatable bonds is 8. The number of methoxy groups -OCH3 is 1. The van der Waals surface area contributed by atoms with E-state index >= 15 is 0 Å². The molecule has 0 aliphatic carbocycles. The molecule has 0 heterocycles. The number of nitrogens with zero attached hydrogens (tertiary/aromatic N) is 1. The van der Waals surface area contributed by atoms with Crippen molar-refractivity contribution in [3.8, 4) is 0 Å². The summed E-state index contributed by atoms with van der Waals surface area (Å²) in [6.45, 7) is 4.55. The van der Waals surface area contributed by atoms with E-state index in [1.165, 1.54) is 0 Å². The van der Waals surface area contributed by atoms with Gasteiger partial charge < -0.3 is 20.5 Å². The van der Waals surface area contributed by atoms with E-state index in [9.17, 15) is 5.11 Å². The van der Waals surface area contributed by atoms with Crippen molar-refractivity contribution in [3.63, 3.8) is 0 Å². The van der Waals surface area contributed by atoms with Crippen LogP contribution in [0.25, 0.3) is 0 Å². The molecule has 1 rings (SSSR count). The number of aliphatic hydroxyl groups excluding tert-OH is 1. The Kier molecular flexibility index (Phi) is 12.6. The van der Waals surface area contributed by atoms with Gasteiger partial charge >= 0.3 is 0 Å². The van der Waals surface area contributed by atoms with Gasteiger partial charge in [-0.25, -0.2) is 0 Å². The second-order valence-corrected chi connectivity index (χ2v) is 5.00. The lowest BCUT2D eigenvalue weighted by molar-refractivity contribution is 0.187. The van der Waals surface area contributed by atoms with Crippen LogP contribution in [0.3, 0.4) is 0 Å². The van der Waals surface area contributed by atoms with Gasteiger partial charge in [0, 0.05) is 31.8 Å². The minimum atomic E-state index is -0.642. The first kappa shape index (κ1) is 21.4. The quantitative estimate of drug-likeness (QED) is 0.251. The van der Waals surface area contributed by atoms with Crippen LogP contribution < -0.4 is 10.6 Å². The first-order valence-electron chi connectivity index (χ1n) is 7.12. The molecule has 0 aliphatic rings. The molecule has 1 aromatic carbocycles. The molecule has 3 N–H and O–H groups in total. The summed E-state index contributed by atoms with van der Waals surface area (Å²) in [7, 11) is 1.68. The molecule has 1 aromatic rings. The second-order valence-electron chi connectivity index (χ2n) is 4.56. The molecule has 0 aliphatic heterocycles. The minimum Gasteiger partial charge on any atom is -0.386 e. The smallest absolute Gasteiger partial charge is 0.191 e. The fourth-order valence-electron chi connectivity index (χ4n) is 1.73. The Morgan fingerprint density at radius 2 is 2.00 bits per heavy atom. The zero-order valence-corrected chi connectivity index (χ0v) is 16.1. The molecule has 0 aromatic heterocycles. The van der Waals surface area contributed by atoms with Gasteiger partial charge in [-0.15, -0.1) is 24.0 Å². The maximum Gasteiger partial charge on any atom is 0.191 e. The van der Waals surface area contributed by atoms with E-state index < -0.39 is 6.10 Å². The maximum absolute atomic E-state index is 10.1. The Balaban J connectivity index is 0.00000441. The van der Waals surface area contributed by atoms with Gasteiger partial charge in [0.25, 0.3) is 0 Å². The van der Waals surface area contributed by atoms with Crippen molar-refractivity contribution in [1.82, 2.24) is 10.6 Å². The van der Waals surface area contributed by atoms with Crippen LogP contribution in [0.5, 0.6) is 0 Å². The highest BCUT2D eigenvalue weighted by molar-refractivity contribution is 14.0. The van der Waals surface area contributed by atoms with E-state index in [0.717, 1.165) is 25.1 Å². The van der Waals surface area contributed by atoms with Crippen LogP contribution in [0.2, 0.25) is 5.02 Å². The average Bonchev–Trinajstić information content (AvgIpc) is 2.49. The molecule has 0 fully saturated rings. The van der Waals surface area contributed by atoms with Gasteiger partial charge in [0.15, 0.2) is 5.96 Å². The highest BCUT2D eigenvalue weighted by Gasteiger charge is 2.07. The van der Waals surface area contributed by atoms with Gasteiger partial charge in [-0.3, -0.25) is 4.99 Å². The van der Waals surface area contributed by atoms with Crippen molar-refractivity contribution in [2.45, 2.75) is 19.4 Å². The highest BCUT2D eigenvalue weighted by atomic mass is 127. The molecule has 0 bridgehead atoms. The molecular weight excluding hydrogens is 417 g/mol. The SMILES string of the molecule is CCNC(=NCC(O)c1ccc(Cl)cc1)NCCCOC.I. The zero-order chi connectivity index (χ0) is 15.5. The average molecular weight is 442 g/mol. The van der Waals surface area contributed by atoms with Gasteiger partial charge in [0.2, 0.25) is 0 Å². The van der Waals surface area contributed by atoms with Crippen molar-refractivity contribution < 1.29 is 9.84 Å². The van der Waals surface area contributed by atoms with Gasteiger partial charge in [-0.1, -0.05) is 23.7 Å². The van der Waals surface area contributed by atoms with Crippen molar-refractivity contribution in [1.29, 1.82) is 0 Å². The van der Waals surface area contributed by atoms with Crippen LogP contribution in [0.1, 0.15) is 25.0 Å². The molecule has 22 heavy (non-hydrogen) atoms. The Morgan fingerprint density at radius 3 is 2.59 bits per heavy atom. The van der Waals surface area contributed by atoms with Gasteiger partial charge in [-0.2, -0.15) is 0 Å². The standard InChI is InChI=1S/C15H24ClN3O2.HI/c1-3-17-15(18-9-4-10-21-2)19-11-14(20)12-5-7-13(16)8-6-12;/h5-8,14,20H,3-4,9-11H2,1-2H3,(H2,17,18,19);1H. The minimum absolute atomic E-state index is 0. The number of ether oxygens (including phenoxy) is 1. The lowest BCUT2D eigenvalue weighted by Crippen LogP contribution is -2.38. The number of hydrogen-bond donors (Lipinski definition) is 3. The Bertz CT molecular complexity index is 429. The van der Waals surface area contributed by atoms with Gasteiger partial charge in [0.1, 0.15) is 0 Å². The Hall–Kier alpha value is -0.570. The summed E-state index contributed by atoms with van der Waals surface area (Å²) in [5.74, 6) is 0.696. The van der Waals surface area contributed by atoms with Gasteiger partial charge in [0.05, 0.1) is 12.6 Å². The molecule has 126 valence electrons. The summed E-state index contributed by atoms with van der Waals surface area (Å²) in [6.07, 6.45) is 0.261. The topological polar surface area (TPSA) is 65.9 Å². The maximum atomic E-state index is 10.1. The monoisotopic (exact) mass is 441 g/mol. The lowest BCUT2D eigenvalue weighted by Gasteiger charge is -2.13. The summed E-state index contributed by atoms with van der Waals surface area (Å²) in [5, 5.41) is 17.1. The van der Waals surface area contributed by atoms with Crippen LogP contribution in [0, 0.1) is 0 Å². The molecule has 0 radical (unpaired) electrons. The fraction of sp³-hybridized carbons (Fsp3) is 0.533. The third-order valence-corrected chi connectivity index (χ3v) is 3.09. The van der Waals surface area contributed by atoms with E-state index in [1.807, 2.05) is 19.1 Å². The predicted octanol–water partition coefficient (Wildman–Crippen LogP) is 2.58. The van der Waals surface area contributed by atoms with Crippen LogP contribution in [0.15, 0.2) is 29.3 Å². The normalized spacial score (nSPS) is 12.5. The molecule has 0 saturated carbocycles. The lowest BCUT2D eigenvalue weighted by atomic mass is 10.1. The van der Waals surface area contributed by atoms with Crippen LogP contribution in [-0.2, 0) is 4.74 Å². The third kappa shape index (κ3) is 8.77. The number of halogens is 2. The predicted molar refractivity (Wildman–Crippen MR) is 102 cm³/mol. The zero-order valence-electron chi connectivity index (χ0n) is 13.0. The number of benzene rings is 1. The molecule has 0 spiro atoms. The van der Waals surface area contributed by atoms with Crippen LogP contribution in [0.4, 0.5) is 0 Å². The van der Waals surface area contributed by atoms with E-state index in [0.29, 0.717) is 24.1 Å². The van der Waals surface area contributed by atoms with Crippen molar-refractivity contribution in [2.24, 2.45) is 4.99 Å². The molecular formula is C15H25ClIN3O2. The second kappa shape index (κ2) is 12.9. The van der Waals surface area contributed by atoms with Gasteiger partial charge in [-0.05, 0) is 31.0 Å². The van der Waals surface area contributed by atoms with E-state index in [2.05, 4.69) is 15.6 Å². The van der Waals surface area contributed by atoms with Crippen LogP contribution >= 0.6 is 35.6 Å². The number of aliphatic hydroxyl groups is 1. The molecule has 0 amide bonds. The first-order valence-corrected chi connectivity index (χ1v) is 7.49. The molecule has 1 atom stereocenters. The first-order chi connectivity index (χ1) is 10.2. The summed E-state index contributed by atoms with van der Waals surface area (Å²) in [4.78, 5) is 4.38. The highest BCUT2D eigenvalue weighted by Crippen LogP contribution is 2.16. The van der Waals surface area contributed by atoms with Crippen molar-refractivity contribution >= 4 is 41.5 Å². The molecule has 1 unspecified atom stereocenters. The molecule has 5 nitrogen and oxygen atoms in total. The Morgan fingerprint density at radius 1 is 1.32 bits per heavy atom. The Labute approximate surface area is 154 Å². The fourth-order valence-corrected chi connectivity index (χ4v) is 1.86. The number of hydrogen-bond acceptors (Lipinski definition) is 3. The van der Waals surface area contributed by atoms with E-state index in [1.54, 1.807) is 19.2 Å². The summed E-state index contributed by atoms with van der Waals surface area (Å²) < 4.78 is 5.00. The summed E-state index contributed by atoms with van der Waals surface area (Å²) in [6, 6.07) is 7.14. The van der Waals surface area contributed by atoms with E-state index in [4.69, 9.17) is 16.3 Å². The van der Waals surface area contributed by atoms with Crippen molar-refractivity contribution in [2.75, 3.05) is 33.4 Å². The summed E-state index contributed by atoms with van der Waals surface area (Å²) in [5.41, 5.74) is 0.804. The summed E-state index contributed by atoms with van der Waals surface area (Å²) >= 11 is 5.83.